The van der Waals surface area contributed by atoms with Crippen molar-refractivity contribution in [2.75, 3.05) is 6.61 Å². The molecule has 5 nitrogen and oxygen atoms in total. The zero-order chi connectivity index (χ0) is 14.0. The Labute approximate surface area is 109 Å². The van der Waals surface area contributed by atoms with Crippen LogP contribution >= 0.6 is 0 Å². The minimum absolute atomic E-state index is 0.407. The quantitative estimate of drug-likeness (QED) is 0.667. The van der Waals surface area contributed by atoms with Crippen molar-refractivity contribution in [1.29, 1.82) is 0 Å². The van der Waals surface area contributed by atoms with Gasteiger partial charge in [0, 0.05) is 11.1 Å². The summed E-state index contributed by atoms with van der Waals surface area (Å²) in [5.74, 6) is 0. The largest absolute Gasteiger partial charge is 0.357 e. The van der Waals surface area contributed by atoms with Crippen LogP contribution in [0.25, 0.3) is 0 Å². The highest BCUT2D eigenvalue weighted by molar-refractivity contribution is 5.10. The molecular weight excluding hydrogens is 232 g/mol. The van der Waals surface area contributed by atoms with Crippen LogP contribution in [-0.4, -0.2) is 39.1 Å². The monoisotopic (exact) mass is 256 g/mol. The summed E-state index contributed by atoms with van der Waals surface area (Å²) < 4.78 is 5.66. The Morgan fingerprint density at radius 3 is 1.61 bits per heavy atom. The van der Waals surface area contributed by atoms with Crippen molar-refractivity contribution < 1.29 is 15.2 Å². The van der Waals surface area contributed by atoms with Crippen molar-refractivity contribution in [1.82, 2.24) is 10.1 Å². The van der Waals surface area contributed by atoms with Crippen molar-refractivity contribution in [3.8, 4) is 0 Å². The number of hydroxylamine groups is 4. The van der Waals surface area contributed by atoms with Gasteiger partial charge in [-0.15, -0.1) is 20.5 Å². The van der Waals surface area contributed by atoms with Gasteiger partial charge in [-0.3, -0.25) is 0 Å². The highest BCUT2D eigenvalue weighted by Gasteiger charge is 2.62. The Morgan fingerprint density at radius 1 is 0.833 bits per heavy atom. The number of hydrogen-bond acceptors (Lipinski definition) is 3. The first-order valence-corrected chi connectivity index (χ1v) is 6.52. The van der Waals surface area contributed by atoms with Crippen molar-refractivity contribution in [2.24, 2.45) is 0 Å². The molecule has 2 rings (SSSR count). The molecule has 18 heavy (non-hydrogen) atoms. The molecular formula is C13H24N2O3. The number of piperidine rings is 1. The number of nitrogens with zero attached hydrogens (tertiary/aromatic N) is 2. The Hall–Kier alpha value is -0.200. The molecule has 2 fully saturated rings. The molecule has 0 aromatic carbocycles. The first kappa shape index (κ1) is 14.2. The van der Waals surface area contributed by atoms with E-state index in [1.54, 1.807) is 13.8 Å². The molecule has 2 aliphatic rings. The predicted molar refractivity (Wildman–Crippen MR) is 65.2 cm³/mol. The standard InChI is InChI=1S/C13H24N2O3/c1-10(2)7-13(8-11(3,4)14(10)16)9-18-12(5,6)15(13)17/h7-9H2,1-6H3. The van der Waals surface area contributed by atoms with E-state index in [9.17, 15) is 10.4 Å². The molecule has 0 N–H and O–H groups in total. The molecule has 5 heteroatoms. The molecule has 1 spiro atoms. The van der Waals surface area contributed by atoms with Gasteiger partial charge in [-0.05, 0) is 54.4 Å². The first-order valence-electron chi connectivity index (χ1n) is 6.52. The number of rotatable bonds is 0. The topological polar surface area (TPSA) is 55.5 Å². The van der Waals surface area contributed by atoms with Crippen LogP contribution in [0.4, 0.5) is 0 Å². The first-order chi connectivity index (χ1) is 7.93. The fraction of sp³-hybridized carbons (Fsp3) is 1.00. The molecule has 2 heterocycles. The van der Waals surface area contributed by atoms with Crippen LogP contribution in [0, 0.1) is 0 Å². The average molecular weight is 256 g/mol. The molecule has 2 radical (unpaired) electrons. The van der Waals surface area contributed by atoms with Crippen molar-refractivity contribution in [3.05, 3.63) is 0 Å². The second kappa shape index (κ2) is 3.67. The van der Waals surface area contributed by atoms with Gasteiger partial charge in [0.05, 0.1) is 12.1 Å². The highest BCUT2D eigenvalue weighted by Crippen LogP contribution is 2.50. The lowest BCUT2D eigenvalue weighted by atomic mass is 9.70. The van der Waals surface area contributed by atoms with Gasteiger partial charge in [0.25, 0.3) is 0 Å². The molecule has 2 aliphatic heterocycles. The number of ether oxygens (including phenoxy) is 1. The van der Waals surface area contributed by atoms with Crippen LogP contribution in [0.2, 0.25) is 0 Å². The minimum atomic E-state index is -0.794. The van der Waals surface area contributed by atoms with Gasteiger partial charge < -0.3 is 4.74 Å². The summed E-state index contributed by atoms with van der Waals surface area (Å²) in [6, 6.07) is 0. The zero-order valence-corrected chi connectivity index (χ0v) is 12.2. The van der Waals surface area contributed by atoms with E-state index in [1.165, 1.54) is 0 Å². The van der Waals surface area contributed by atoms with Crippen LogP contribution in [-0.2, 0) is 15.2 Å². The van der Waals surface area contributed by atoms with E-state index in [0.717, 1.165) is 10.1 Å². The number of hydrogen-bond donors (Lipinski definition) is 0. The Morgan fingerprint density at radius 2 is 1.28 bits per heavy atom. The van der Waals surface area contributed by atoms with Crippen molar-refractivity contribution >= 4 is 0 Å². The molecule has 0 unspecified atom stereocenters. The fourth-order valence-electron chi connectivity index (χ4n) is 3.88. The molecule has 0 saturated carbocycles. The summed E-state index contributed by atoms with van der Waals surface area (Å²) in [4.78, 5) is 0. The van der Waals surface area contributed by atoms with Crippen molar-refractivity contribution in [3.63, 3.8) is 0 Å². The summed E-state index contributed by atoms with van der Waals surface area (Å²) in [6.45, 7) is 11.6. The van der Waals surface area contributed by atoms with Gasteiger partial charge in [0.1, 0.15) is 5.72 Å². The van der Waals surface area contributed by atoms with E-state index in [1.807, 2.05) is 27.7 Å². The maximum atomic E-state index is 12.6. The van der Waals surface area contributed by atoms with Gasteiger partial charge in [0.15, 0.2) is 0 Å². The smallest absolute Gasteiger partial charge is 0.142 e. The second-order valence-electron chi connectivity index (χ2n) is 7.53. The summed E-state index contributed by atoms with van der Waals surface area (Å²) in [5, 5.41) is 27.1. The lowest BCUT2D eigenvalue weighted by molar-refractivity contribution is -0.341. The molecule has 0 atom stereocenters. The van der Waals surface area contributed by atoms with E-state index < -0.39 is 22.3 Å². The maximum absolute atomic E-state index is 12.6. The Bertz CT molecular complexity index is 334. The predicted octanol–water partition coefficient (Wildman–Crippen LogP) is 2.14. The van der Waals surface area contributed by atoms with E-state index in [4.69, 9.17) is 4.74 Å². The third-order valence-electron chi connectivity index (χ3n) is 4.24. The van der Waals surface area contributed by atoms with Crippen LogP contribution in [0.1, 0.15) is 54.4 Å². The Balaban J connectivity index is 2.37. The molecule has 0 bridgehead atoms. The maximum Gasteiger partial charge on any atom is 0.142 e. The zero-order valence-electron chi connectivity index (χ0n) is 12.2. The highest BCUT2D eigenvalue weighted by atomic mass is 16.6. The lowest BCUT2D eigenvalue weighted by Gasteiger charge is -2.55. The molecule has 0 aromatic rings. The SMILES string of the molecule is CC1(C)CC2(COC(C)(C)N2[O])CC(C)(C)N1[O]. The molecule has 0 aliphatic carbocycles. The molecule has 104 valence electrons. The third kappa shape index (κ3) is 1.89. The summed E-state index contributed by atoms with van der Waals surface area (Å²) in [6.07, 6.45) is 1.08. The van der Waals surface area contributed by atoms with Crippen LogP contribution in [0.15, 0.2) is 0 Å². The third-order valence-corrected chi connectivity index (χ3v) is 4.24. The second-order valence-corrected chi connectivity index (χ2v) is 7.53. The fourth-order valence-corrected chi connectivity index (χ4v) is 3.88. The molecule has 0 amide bonds. The Kier molecular flexibility index (Phi) is 2.90. The van der Waals surface area contributed by atoms with E-state index in [0.29, 0.717) is 19.4 Å². The van der Waals surface area contributed by atoms with E-state index in [2.05, 4.69) is 0 Å². The molecule has 0 aromatic heterocycles. The van der Waals surface area contributed by atoms with E-state index >= 15 is 0 Å². The van der Waals surface area contributed by atoms with Gasteiger partial charge in [0.2, 0.25) is 0 Å². The molecule has 2 saturated heterocycles. The van der Waals surface area contributed by atoms with Gasteiger partial charge in [-0.2, -0.15) is 0 Å². The minimum Gasteiger partial charge on any atom is -0.357 e. The summed E-state index contributed by atoms with van der Waals surface area (Å²) in [5.41, 5.74) is -2.46. The van der Waals surface area contributed by atoms with E-state index in [-0.39, 0.29) is 0 Å². The van der Waals surface area contributed by atoms with Crippen LogP contribution in [0.3, 0.4) is 0 Å². The normalized spacial score (nSPS) is 34.0. The van der Waals surface area contributed by atoms with Crippen LogP contribution < -0.4 is 0 Å². The van der Waals surface area contributed by atoms with Gasteiger partial charge >= 0.3 is 0 Å². The van der Waals surface area contributed by atoms with Crippen molar-refractivity contribution in [2.45, 2.75) is 76.7 Å². The van der Waals surface area contributed by atoms with Gasteiger partial charge in [-0.1, -0.05) is 0 Å². The lowest BCUT2D eigenvalue weighted by Crippen LogP contribution is -2.67. The van der Waals surface area contributed by atoms with Gasteiger partial charge in [-0.25, -0.2) is 0 Å². The average Bonchev–Trinajstić information content (AvgIpc) is 2.39. The summed E-state index contributed by atoms with van der Waals surface area (Å²) >= 11 is 0. The van der Waals surface area contributed by atoms with Crippen LogP contribution in [0.5, 0.6) is 0 Å². The summed E-state index contributed by atoms with van der Waals surface area (Å²) in [7, 11) is 0.